The molecule has 0 radical (unpaired) electrons. The lowest BCUT2D eigenvalue weighted by Crippen LogP contribution is -2.27. The van der Waals surface area contributed by atoms with E-state index in [1.807, 2.05) is 61.5 Å². The molecule has 1 saturated heterocycles. The zero-order valence-electron chi connectivity index (χ0n) is 12.8. The van der Waals surface area contributed by atoms with E-state index >= 15 is 0 Å². The molecule has 1 aliphatic heterocycles. The van der Waals surface area contributed by atoms with Crippen LogP contribution >= 0.6 is 24.0 Å². The predicted molar refractivity (Wildman–Crippen MR) is 99.8 cm³/mol. The van der Waals surface area contributed by atoms with E-state index in [9.17, 15) is 4.79 Å². The summed E-state index contributed by atoms with van der Waals surface area (Å²) in [6, 6.07) is 15.3. The number of para-hydroxylation sites is 1. The Balaban J connectivity index is 1.91. The second-order valence-corrected chi connectivity index (χ2v) is 6.76. The molecule has 116 valence electrons. The van der Waals surface area contributed by atoms with Crippen LogP contribution in [-0.2, 0) is 4.79 Å². The zero-order chi connectivity index (χ0) is 16.4. The van der Waals surface area contributed by atoms with Crippen molar-refractivity contribution in [2.24, 2.45) is 0 Å². The SMILES string of the molecule is COc1ccc(/C=C2\SC(=S)N(c3ccccc3)C2=O)cc1C. The van der Waals surface area contributed by atoms with Crippen LogP contribution in [-0.4, -0.2) is 17.3 Å². The maximum Gasteiger partial charge on any atom is 0.270 e. The number of carbonyl (C=O) groups excluding carboxylic acids is 1. The smallest absolute Gasteiger partial charge is 0.270 e. The summed E-state index contributed by atoms with van der Waals surface area (Å²) in [7, 11) is 1.65. The number of nitrogens with zero attached hydrogens (tertiary/aromatic N) is 1. The summed E-state index contributed by atoms with van der Waals surface area (Å²) in [5, 5.41) is 0. The molecular formula is C18H15NO2S2. The summed E-state index contributed by atoms with van der Waals surface area (Å²) in [6.45, 7) is 1.98. The van der Waals surface area contributed by atoms with E-state index in [4.69, 9.17) is 17.0 Å². The molecule has 1 amide bonds. The van der Waals surface area contributed by atoms with Gasteiger partial charge in [0, 0.05) is 0 Å². The van der Waals surface area contributed by atoms with Crippen molar-refractivity contribution < 1.29 is 9.53 Å². The number of anilines is 1. The van der Waals surface area contributed by atoms with Crippen molar-refractivity contribution in [3.05, 3.63) is 64.6 Å². The molecule has 23 heavy (non-hydrogen) atoms. The lowest BCUT2D eigenvalue weighted by molar-refractivity contribution is -0.113. The Hall–Kier alpha value is -2.11. The van der Waals surface area contributed by atoms with Gasteiger partial charge in [0.05, 0.1) is 17.7 Å². The van der Waals surface area contributed by atoms with Crippen molar-refractivity contribution in [2.45, 2.75) is 6.92 Å². The maximum absolute atomic E-state index is 12.7. The first-order valence-electron chi connectivity index (χ1n) is 7.08. The Labute approximate surface area is 144 Å². The number of thioether (sulfide) groups is 1. The Morgan fingerprint density at radius 3 is 2.57 bits per heavy atom. The number of thiocarbonyl (C=S) groups is 1. The standard InChI is InChI=1S/C18H15NO2S2/c1-12-10-13(8-9-15(12)21-2)11-16-17(20)19(18(22)23-16)14-6-4-3-5-7-14/h3-11H,1-2H3/b16-11-. The summed E-state index contributed by atoms with van der Waals surface area (Å²) in [4.78, 5) is 14.9. The largest absolute Gasteiger partial charge is 0.496 e. The lowest BCUT2D eigenvalue weighted by atomic mass is 10.1. The van der Waals surface area contributed by atoms with Crippen LogP contribution < -0.4 is 9.64 Å². The van der Waals surface area contributed by atoms with Gasteiger partial charge in [-0.05, 0) is 48.4 Å². The van der Waals surface area contributed by atoms with Crippen molar-refractivity contribution in [2.75, 3.05) is 12.0 Å². The topological polar surface area (TPSA) is 29.5 Å². The van der Waals surface area contributed by atoms with Crippen LogP contribution in [0.25, 0.3) is 6.08 Å². The van der Waals surface area contributed by atoms with Gasteiger partial charge in [-0.1, -0.05) is 48.2 Å². The lowest BCUT2D eigenvalue weighted by Gasteiger charge is -2.13. The molecular weight excluding hydrogens is 326 g/mol. The Morgan fingerprint density at radius 2 is 1.91 bits per heavy atom. The van der Waals surface area contributed by atoms with Gasteiger partial charge in [-0.25, -0.2) is 0 Å². The van der Waals surface area contributed by atoms with Gasteiger partial charge in [0.15, 0.2) is 4.32 Å². The monoisotopic (exact) mass is 341 g/mol. The molecule has 2 aromatic carbocycles. The summed E-state index contributed by atoms with van der Waals surface area (Å²) >= 11 is 6.69. The van der Waals surface area contributed by atoms with E-state index in [0.717, 1.165) is 22.6 Å². The van der Waals surface area contributed by atoms with E-state index in [2.05, 4.69) is 0 Å². The third kappa shape index (κ3) is 3.16. The maximum atomic E-state index is 12.7. The highest BCUT2D eigenvalue weighted by Gasteiger charge is 2.33. The molecule has 1 heterocycles. The Morgan fingerprint density at radius 1 is 1.17 bits per heavy atom. The predicted octanol–water partition coefficient (Wildman–Crippen LogP) is 4.41. The van der Waals surface area contributed by atoms with Crippen molar-refractivity contribution >= 4 is 46.0 Å². The highest BCUT2D eigenvalue weighted by Crippen LogP contribution is 2.36. The third-order valence-corrected chi connectivity index (χ3v) is 4.83. The van der Waals surface area contributed by atoms with Gasteiger partial charge in [-0.2, -0.15) is 0 Å². The number of benzene rings is 2. The van der Waals surface area contributed by atoms with Gasteiger partial charge in [0.25, 0.3) is 5.91 Å². The minimum absolute atomic E-state index is 0.0836. The van der Waals surface area contributed by atoms with Gasteiger partial charge in [0.2, 0.25) is 0 Å². The average molecular weight is 341 g/mol. The number of rotatable bonds is 3. The third-order valence-electron chi connectivity index (χ3n) is 3.52. The summed E-state index contributed by atoms with van der Waals surface area (Å²) < 4.78 is 5.81. The fourth-order valence-electron chi connectivity index (χ4n) is 2.41. The number of methoxy groups -OCH3 is 1. The molecule has 0 unspecified atom stereocenters. The van der Waals surface area contributed by atoms with Crippen LogP contribution in [0.2, 0.25) is 0 Å². The quantitative estimate of drug-likeness (QED) is 0.611. The molecule has 0 bridgehead atoms. The molecule has 2 aromatic rings. The van der Waals surface area contributed by atoms with Crippen molar-refractivity contribution in [1.82, 2.24) is 0 Å². The van der Waals surface area contributed by atoms with E-state index < -0.39 is 0 Å². The molecule has 5 heteroatoms. The van der Waals surface area contributed by atoms with Crippen LogP contribution in [0.3, 0.4) is 0 Å². The minimum Gasteiger partial charge on any atom is -0.496 e. The number of carbonyl (C=O) groups is 1. The molecule has 0 aliphatic carbocycles. The highest BCUT2D eigenvalue weighted by atomic mass is 32.2. The van der Waals surface area contributed by atoms with Gasteiger partial charge in [-0.3, -0.25) is 9.69 Å². The Kier molecular flexibility index (Phi) is 4.50. The molecule has 0 N–H and O–H groups in total. The normalized spacial score (nSPS) is 16.3. The number of hydrogen-bond acceptors (Lipinski definition) is 4. The Bertz CT molecular complexity index is 800. The second kappa shape index (κ2) is 6.56. The van der Waals surface area contributed by atoms with Gasteiger partial charge in [-0.15, -0.1) is 0 Å². The molecule has 0 aromatic heterocycles. The molecule has 1 fully saturated rings. The minimum atomic E-state index is -0.0836. The van der Waals surface area contributed by atoms with Crippen LogP contribution in [0, 0.1) is 6.92 Å². The molecule has 3 nitrogen and oxygen atoms in total. The average Bonchev–Trinajstić information content (AvgIpc) is 2.82. The first kappa shape index (κ1) is 15.8. The van der Waals surface area contributed by atoms with Crippen molar-refractivity contribution in [3.63, 3.8) is 0 Å². The first-order valence-corrected chi connectivity index (χ1v) is 8.30. The van der Waals surface area contributed by atoms with Crippen LogP contribution in [0.5, 0.6) is 5.75 Å². The zero-order valence-corrected chi connectivity index (χ0v) is 14.4. The van der Waals surface area contributed by atoms with Gasteiger partial charge >= 0.3 is 0 Å². The van der Waals surface area contributed by atoms with Crippen molar-refractivity contribution in [3.8, 4) is 5.75 Å². The number of hydrogen-bond donors (Lipinski definition) is 0. The fraction of sp³-hybridized carbons (Fsp3) is 0.111. The molecule has 0 saturated carbocycles. The molecule has 3 rings (SSSR count). The highest BCUT2D eigenvalue weighted by molar-refractivity contribution is 8.27. The van der Waals surface area contributed by atoms with Crippen molar-refractivity contribution in [1.29, 1.82) is 0 Å². The fourth-order valence-corrected chi connectivity index (χ4v) is 3.71. The number of aryl methyl sites for hydroxylation is 1. The van der Waals surface area contributed by atoms with E-state index in [1.165, 1.54) is 11.8 Å². The van der Waals surface area contributed by atoms with Crippen LogP contribution in [0.4, 0.5) is 5.69 Å². The summed E-state index contributed by atoms with van der Waals surface area (Å²) in [5.41, 5.74) is 2.78. The number of amides is 1. The molecule has 1 aliphatic rings. The van der Waals surface area contributed by atoms with Crippen LogP contribution in [0.15, 0.2) is 53.4 Å². The van der Waals surface area contributed by atoms with Crippen LogP contribution in [0.1, 0.15) is 11.1 Å². The second-order valence-electron chi connectivity index (χ2n) is 5.08. The van der Waals surface area contributed by atoms with Gasteiger partial charge < -0.3 is 4.74 Å². The van der Waals surface area contributed by atoms with E-state index in [0.29, 0.717) is 9.23 Å². The van der Waals surface area contributed by atoms with Gasteiger partial charge in [0.1, 0.15) is 5.75 Å². The summed E-state index contributed by atoms with van der Waals surface area (Å²) in [6.07, 6.45) is 1.87. The first-order chi connectivity index (χ1) is 11.1. The number of ether oxygens (including phenoxy) is 1. The van der Waals surface area contributed by atoms with E-state index in [-0.39, 0.29) is 5.91 Å². The molecule has 0 spiro atoms. The van der Waals surface area contributed by atoms with E-state index in [1.54, 1.807) is 12.0 Å². The molecule has 0 atom stereocenters. The summed E-state index contributed by atoms with van der Waals surface area (Å²) in [5.74, 6) is 0.749.